The second-order valence-corrected chi connectivity index (χ2v) is 10.8. The largest absolute Gasteiger partial charge is 0.493 e. The Labute approximate surface area is 225 Å². The third kappa shape index (κ3) is 5.68. The molecule has 7 nitrogen and oxygen atoms in total. The number of rotatable bonds is 7. The van der Waals surface area contributed by atoms with Gasteiger partial charge in [-0.1, -0.05) is 18.2 Å². The third-order valence-corrected chi connectivity index (χ3v) is 8.45. The average molecular weight is 512 g/mol. The predicted molar refractivity (Wildman–Crippen MR) is 150 cm³/mol. The zero-order chi connectivity index (χ0) is 25.7. The van der Waals surface area contributed by atoms with Crippen LogP contribution in [0.25, 0.3) is 11.1 Å². The fourth-order valence-corrected chi connectivity index (χ4v) is 6.13. The molecule has 3 aliphatic rings. The van der Waals surface area contributed by atoms with E-state index in [1.165, 1.54) is 31.4 Å². The number of carbonyl (C=O) groups excluding carboxylic acids is 1. The second-order valence-electron chi connectivity index (χ2n) is 10.8. The van der Waals surface area contributed by atoms with Gasteiger partial charge in [-0.3, -0.25) is 14.7 Å². The molecule has 1 aromatic carbocycles. The van der Waals surface area contributed by atoms with E-state index in [1.54, 1.807) is 6.20 Å². The normalized spacial score (nSPS) is 21.5. The van der Waals surface area contributed by atoms with Crippen molar-refractivity contribution in [2.45, 2.75) is 44.6 Å². The Hall–Kier alpha value is -3.45. The van der Waals surface area contributed by atoms with E-state index in [9.17, 15) is 4.79 Å². The minimum atomic E-state index is 0.0363. The van der Waals surface area contributed by atoms with Gasteiger partial charge in [0.05, 0.1) is 6.61 Å². The molecule has 1 saturated carbocycles. The molecule has 7 heteroatoms. The van der Waals surface area contributed by atoms with E-state index < -0.39 is 0 Å². The molecule has 38 heavy (non-hydrogen) atoms. The first-order chi connectivity index (χ1) is 18.7. The molecule has 1 amide bonds. The van der Waals surface area contributed by atoms with E-state index in [0.29, 0.717) is 0 Å². The van der Waals surface area contributed by atoms with Crippen molar-refractivity contribution in [3.8, 4) is 16.9 Å². The lowest BCUT2D eigenvalue weighted by Crippen LogP contribution is -2.47. The van der Waals surface area contributed by atoms with Gasteiger partial charge < -0.3 is 15.0 Å². The van der Waals surface area contributed by atoms with E-state index in [0.717, 1.165) is 86.2 Å². The number of nitrogens with one attached hydrogen (secondary N) is 1. The summed E-state index contributed by atoms with van der Waals surface area (Å²) in [4.78, 5) is 26.7. The number of hydrogen-bond donors (Lipinski definition) is 1. The van der Waals surface area contributed by atoms with Gasteiger partial charge in [0.25, 0.3) is 5.91 Å². The van der Waals surface area contributed by atoms with Gasteiger partial charge in [-0.2, -0.15) is 0 Å². The Morgan fingerprint density at radius 1 is 0.947 bits per heavy atom. The minimum Gasteiger partial charge on any atom is -0.493 e. The van der Waals surface area contributed by atoms with E-state index in [2.05, 4.69) is 25.1 Å². The quantitative estimate of drug-likeness (QED) is 0.501. The molecule has 1 saturated heterocycles. The van der Waals surface area contributed by atoms with E-state index >= 15 is 0 Å². The summed E-state index contributed by atoms with van der Waals surface area (Å²) in [5.74, 6) is 2.94. The fraction of sp³-hybridized carbons (Fsp3) is 0.452. The van der Waals surface area contributed by atoms with Crippen LogP contribution < -0.4 is 15.0 Å². The zero-order valence-electron chi connectivity index (χ0n) is 22.0. The molecule has 0 radical (unpaired) electrons. The fourth-order valence-electron chi connectivity index (χ4n) is 6.13. The van der Waals surface area contributed by atoms with Crippen molar-refractivity contribution in [3.63, 3.8) is 0 Å². The SMILES string of the molecule is O=C(NC1CCC(CCN2CCN(c3nccc4c3CCO4)CC2)CC1)c1ccc(-c2cccnc2)cc1. The summed E-state index contributed by atoms with van der Waals surface area (Å²) in [6.07, 6.45) is 12.3. The Morgan fingerprint density at radius 3 is 2.53 bits per heavy atom. The average Bonchev–Trinajstić information content (AvgIpc) is 3.47. The van der Waals surface area contributed by atoms with Crippen LogP contribution in [0.3, 0.4) is 0 Å². The van der Waals surface area contributed by atoms with Crippen LogP contribution in [0.15, 0.2) is 61.1 Å². The summed E-state index contributed by atoms with van der Waals surface area (Å²) < 4.78 is 5.73. The number of amides is 1. The molecule has 0 unspecified atom stereocenters. The van der Waals surface area contributed by atoms with Crippen LogP contribution >= 0.6 is 0 Å². The number of anilines is 1. The number of benzene rings is 1. The van der Waals surface area contributed by atoms with Crippen LogP contribution in [0.4, 0.5) is 5.82 Å². The summed E-state index contributed by atoms with van der Waals surface area (Å²) in [6, 6.07) is 14.1. The van der Waals surface area contributed by atoms with Crippen molar-refractivity contribution in [2.75, 3.05) is 44.2 Å². The molecule has 6 rings (SSSR count). The number of fused-ring (bicyclic) bond motifs is 1. The Morgan fingerprint density at radius 2 is 1.76 bits per heavy atom. The second kappa shape index (κ2) is 11.5. The van der Waals surface area contributed by atoms with E-state index in [4.69, 9.17) is 4.74 Å². The maximum Gasteiger partial charge on any atom is 0.251 e. The molecule has 1 aliphatic carbocycles. The van der Waals surface area contributed by atoms with Crippen molar-refractivity contribution >= 4 is 11.7 Å². The van der Waals surface area contributed by atoms with Crippen molar-refractivity contribution in [2.24, 2.45) is 5.92 Å². The standard InChI is InChI=1S/C31H37N5O2/c37-31(25-7-5-24(6-8-25)26-2-1-14-32-22-26)34-27-9-3-23(4-10-27)12-16-35-17-19-36(20-18-35)30-28-13-21-38-29(28)11-15-33-30/h1-2,5-8,11,14-15,22-23,27H,3-4,9-10,12-13,16-21H2,(H,34,37). The molecule has 198 valence electrons. The first-order valence-corrected chi connectivity index (χ1v) is 14.1. The molecule has 2 fully saturated rings. The van der Waals surface area contributed by atoms with Gasteiger partial charge in [-0.15, -0.1) is 0 Å². The van der Waals surface area contributed by atoms with Gasteiger partial charge in [0.1, 0.15) is 11.6 Å². The van der Waals surface area contributed by atoms with E-state index in [1.807, 2.05) is 54.9 Å². The van der Waals surface area contributed by atoms with Gasteiger partial charge >= 0.3 is 0 Å². The van der Waals surface area contributed by atoms with Crippen molar-refractivity contribution in [1.29, 1.82) is 0 Å². The minimum absolute atomic E-state index is 0.0363. The lowest BCUT2D eigenvalue weighted by atomic mass is 9.84. The van der Waals surface area contributed by atoms with Gasteiger partial charge in [0, 0.05) is 68.4 Å². The Balaban J connectivity index is 0.911. The maximum atomic E-state index is 12.8. The van der Waals surface area contributed by atoms with Gasteiger partial charge in [-0.25, -0.2) is 4.98 Å². The first kappa shape index (κ1) is 24.9. The first-order valence-electron chi connectivity index (χ1n) is 14.1. The van der Waals surface area contributed by atoms with Crippen LogP contribution in [-0.2, 0) is 6.42 Å². The van der Waals surface area contributed by atoms with E-state index in [-0.39, 0.29) is 11.9 Å². The highest BCUT2D eigenvalue weighted by Gasteiger charge is 2.26. The topological polar surface area (TPSA) is 70.6 Å². The van der Waals surface area contributed by atoms with Crippen molar-refractivity contribution in [3.05, 3.63) is 72.2 Å². The summed E-state index contributed by atoms with van der Waals surface area (Å²) in [7, 11) is 0. The van der Waals surface area contributed by atoms with Crippen molar-refractivity contribution < 1.29 is 9.53 Å². The molecule has 1 N–H and O–H groups in total. The summed E-state index contributed by atoms with van der Waals surface area (Å²) >= 11 is 0. The maximum absolute atomic E-state index is 12.8. The number of piperazine rings is 1. The number of nitrogens with zero attached hydrogens (tertiary/aromatic N) is 4. The van der Waals surface area contributed by atoms with Crippen LogP contribution in [0, 0.1) is 5.92 Å². The van der Waals surface area contributed by atoms with Crippen LogP contribution in [0.1, 0.15) is 48.0 Å². The molecule has 0 bridgehead atoms. The predicted octanol–water partition coefficient (Wildman–Crippen LogP) is 4.58. The zero-order valence-corrected chi connectivity index (χ0v) is 22.0. The Bertz CT molecular complexity index is 1220. The van der Waals surface area contributed by atoms with Gasteiger partial charge in [0.2, 0.25) is 0 Å². The number of carbonyl (C=O) groups is 1. The monoisotopic (exact) mass is 511 g/mol. The molecular formula is C31H37N5O2. The number of pyridine rings is 2. The third-order valence-electron chi connectivity index (χ3n) is 8.45. The highest BCUT2D eigenvalue weighted by Crippen LogP contribution is 2.33. The number of aromatic nitrogens is 2. The number of hydrogen-bond acceptors (Lipinski definition) is 6. The molecule has 3 aromatic rings. The lowest BCUT2D eigenvalue weighted by Gasteiger charge is -2.37. The van der Waals surface area contributed by atoms with Crippen molar-refractivity contribution in [1.82, 2.24) is 20.2 Å². The molecule has 0 atom stereocenters. The van der Waals surface area contributed by atoms with Crippen LogP contribution in [0.5, 0.6) is 5.75 Å². The summed E-state index contributed by atoms with van der Waals surface area (Å²) in [5.41, 5.74) is 4.14. The smallest absolute Gasteiger partial charge is 0.251 e. The summed E-state index contributed by atoms with van der Waals surface area (Å²) in [5, 5.41) is 3.28. The Kier molecular flexibility index (Phi) is 7.54. The summed E-state index contributed by atoms with van der Waals surface area (Å²) in [6.45, 7) is 6.20. The lowest BCUT2D eigenvalue weighted by molar-refractivity contribution is 0.0919. The van der Waals surface area contributed by atoms with Crippen LogP contribution in [0.2, 0.25) is 0 Å². The van der Waals surface area contributed by atoms with Crippen LogP contribution in [-0.4, -0.2) is 66.1 Å². The number of ether oxygens (including phenoxy) is 1. The molecular weight excluding hydrogens is 474 g/mol. The molecule has 2 aliphatic heterocycles. The molecule has 4 heterocycles. The highest BCUT2D eigenvalue weighted by atomic mass is 16.5. The van der Waals surface area contributed by atoms with Gasteiger partial charge in [0.15, 0.2) is 0 Å². The van der Waals surface area contributed by atoms with Gasteiger partial charge in [-0.05, 0) is 80.0 Å². The molecule has 0 spiro atoms. The molecule has 2 aromatic heterocycles. The highest BCUT2D eigenvalue weighted by molar-refractivity contribution is 5.94.